The van der Waals surface area contributed by atoms with Gasteiger partial charge in [0.1, 0.15) is 11.6 Å². The first kappa shape index (κ1) is 19.9. The predicted molar refractivity (Wildman–Crippen MR) is 95.7 cm³/mol. The van der Waals surface area contributed by atoms with Gasteiger partial charge >= 0.3 is 12.1 Å². The monoisotopic (exact) mass is 365 g/mol. The Hall–Kier alpha value is -2.44. The van der Waals surface area contributed by atoms with Gasteiger partial charge in [-0.2, -0.15) is 0 Å². The van der Waals surface area contributed by atoms with Gasteiger partial charge in [-0.15, -0.1) is 0 Å². The molecular formula is C19H27NO6. The molecule has 1 aromatic carbocycles. The van der Waals surface area contributed by atoms with Crippen LogP contribution in [0.3, 0.4) is 0 Å². The fourth-order valence-corrected chi connectivity index (χ4v) is 2.86. The van der Waals surface area contributed by atoms with Crippen LogP contribution in [0.5, 0.6) is 11.5 Å². The average Bonchev–Trinajstić information content (AvgIpc) is 2.53. The van der Waals surface area contributed by atoms with Crippen molar-refractivity contribution >= 4 is 12.1 Å². The van der Waals surface area contributed by atoms with Gasteiger partial charge in [-0.3, -0.25) is 4.90 Å². The van der Waals surface area contributed by atoms with E-state index >= 15 is 0 Å². The Labute approximate surface area is 153 Å². The van der Waals surface area contributed by atoms with E-state index in [2.05, 4.69) is 0 Å². The lowest BCUT2D eigenvalue weighted by Gasteiger charge is -2.36. The van der Waals surface area contributed by atoms with Gasteiger partial charge in [0.25, 0.3) is 0 Å². The summed E-state index contributed by atoms with van der Waals surface area (Å²) in [6, 6.07) is 2.65. The van der Waals surface area contributed by atoms with Crippen LogP contribution in [0.4, 0.5) is 4.79 Å². The molecule has 1 aliphatic heterocycles. The molecule has 0 saturated carbocycles. The van der Waals surface area contributed by atoms with Crippen molar-refractivity contribution in [2.45, 2.75) is 59.2 Å². The molecule has 7 heteroatoms. The van der Waals surface area contributed by atoms with Crippen molar-refractivity contribution in [3.8, 4) is 11.5 Å². The zero-order valence-corrected chi connectivity index (χ0v) is 16.0. The van der Waals surface area contributed by atoms with Crippen LogP contribution < -0.4 is 9.47 Å². The lowest BCUT2D eigenvalue weighted by molar-refractivity contribution is -0.143. The molecule has 7 nitrogen and oxygen atoms in total. The van der Waals surface area contributed by atoms with Crippen molar-refractivity contribution in [2.75, 3.05) is 13.2 Å². The van der Waals surface area contributed by atoms with Gasteiger partial charge in [-0.05, 0) is 57.9 Å². The summed E-state index contributed by atoms with van der Waals surface area (Å²) in [5.74, 6) is 0.113. The van der Waals surface area contributed by atoms with Crippen LogP contribution in [-0.2, 0) is 22.5 Å². The molecule has 0 aromatic heterocycles. The lowest BCUT2D eigenvalue weighted by Crippen LogP contribution is -2.50. The number of fused-ring (bicyclic) bond motifs is 1. The fraction of sp³-hybridized carbons (Fsp3) is 0.579. The van der Waals surface area contributed by atoms with Gasteiger partial charge < -0.3 is 19.3 Å². The Morgan fingerprint density at radius 2 is 1.65 bits per heavy atom. The van der Waals surface area contributed by atoms with Crippen molar-refractivity contribution in [1.82, 2.24) is 4.90 Å². The molecule has 0 aliphatic carbocycles. The molecular weight excluding hydrogens is 338 g/mol. The number of rotatable bonds is 5. The first-order chi connectivity index (χ1) is 12.2. The SMILES string of the molecule is CCOc1cc2c(cc1OCC)CN(C(=O)OC(C)(C)C)[C@H](C(=O)O)C2. The molecule has 1 N–H and O–H groups in total. The lowest BCUT2D eigenvalue weighted by atomic mass is 9.93. The summed E-state index contributed by atoms with van der Waals surface area (Å²) in [5.41, 5.74) is 0.972. The summed E-state index contributed by atoms with van der Waals surface area (Å²) in [4.78, 5) is 25.5. The Balaban J connectivity index is 2.39. The van der Waals surface area contributed by atoms with Crippen molar-refractivity contribution in [3.63, 3.8) is 0 Å². The van der Waals surface area contributed by atoms with E-state index in [0.717, 1.165) is 11.1 Å². The highest BCUT2D eigenvalue weighted by molar-refractivity contribution is 5.81. The molecule has 0 saturated heterocycles. The number of nitrogens with zero attached hydrogens (tertiary/aromatic N) is 1. The maximum absolute atomic E-state index is 12.5. The molecule has 144 valence electrons. The summed E-state index contributed by atoms with van der Waals surface area (Å²) >= 11 is 0. The minimum atomic E-state index is -1.06. The normalized spacial score (nSPS) is 16.7. The van der Waals surface area contributed by atoms with Crippen LogP contribution >= 0.6 is 0 Å². The maximum atomic E-state index is 12.5. The number of hydrogen-bond donors (Lipinski definition) is 1. The van der Waals surface area contributed by atoms with Crippen molar-refractivity contribution < 1.29 is 28.9 Å². The maximum Gasteiger partial charge on any atom is 0.411 e. The summed E-state index contributed by atoms with van der Waals surface area (Å²) < 4.78 is 16.6. The van der Waals surface area contributed by atoms with Crippen LogP contribution in [0.15, 0.2) is 12.1 Å². The number of carboxylic acid groups (broad SMARTS) is 1. The molecule has 1 aliphatic rings. The van der Waals surface area contributed by atoms with Crippen molar-refractivity contribution in [1.29, 1.82) is 0 Å². The summed E-state index contributed by atoms with van der Waals surface area (Å²) in [6.45, 7) is 10.1. The quantitative estimate of drug-likeness (QED) is 0.862. The summed E-state index contributed by atoms with van der Waals surface area (Å²) in [7, 11) is 0. The number of benzene rings is 1. The highest BCUT2D eigenvalue weighted by Gasteiger charge is 2.37. The van der Waals surface area contributed by atoms with Crippen LogP contribution in [0.1, 0.15) is 45.7 Å². The van der Waals surface area contributed by atoms with E-state index in [1.165, 1.54) is 4.90 Å². The highest BCUT2D eigenvalue weighted by Crippen LogP contribution is 2.35. The second-order valence-electron chi connectivity index (χ2n) is 7.10. The second-order valence-corrected chi connectivity index (χ2v) is 7.10. The zero-order chi connectivity index (χ0) is 19.5. The molecule has 0 bridgehead atoms. The number of amides is 1. The standard InChI is InChI=1S/C19H27NO6/c1-6-24-15-9-12-8-14(17(21)22)20(18(23)26-19(3,4)5)11-13(12)10-16(15)25-7-2/h9-10,14H,6-8,11H2,1-5H3,(H,21,22)/t14-/m0/s1. The smallest absolute Gasteiger partial charge is 0.411 e. The first-order valence-corrected chi connectivity index (χ1v) is 8.80. The molecule has 1 aromatic rings. The molecule has 0 radical (unpaired) electrons. The van der Waals surface area contributed by atoms with E-state index in [4.69, 9.17) is 14.2 Å². The topological polar surface area (TPSA) is 85.3 Å². The number of carbonyl (C=O) groups excluding carboxylic acids is 1. The third kappa shape index (κ3) is 4.59. The van der Waals surface area contributed by atoms with E-state index in [0.29, 0.717) is 24.7 Å². The van der Waals surface area contributed by atoms with Gasteiger partial charge in [0.2, 0.25) is 0 Å². The summed E-state index contributed by atoms with van der Waals surface area (Å²) in [5, 5.41) is 9.59. The van der Waals surface area contributed by atoms with Crippen molar-refractivity contribution in [3.05, 3.63) is 23.3 Å². The Kier molecular flexibility index (Phi) is 6.00. The van der Waals surface area contributed by atoms with Crippen LogP contribution in [0, 0.1) is 0 Å². The van der Waals surface area contributed by atoms with Gasteiger partial charge in [-0.1, -0.05) is 0 Å². The van der Waals surface area contributed by atoms with Gasteiger partial charge in [0.15, 0.2) is 11.5 Å². The molecule has 0 unspecified atom stereocenters. The van der Waals surface area contributed by atoms with Crippen LogP contribution in [-0.4, -0.2) is 46.9 Å². The van der Waals surface area contributed by atoms with E-state index in [-0.39, 0.29) is 13.0 Å². The summed E-state index contributed by atoms with van der Waals surface area (Å²) in [6.07, 6.45) is -0.446. The minimum Gasteiger partial charge on any atom is -0.490 e. The zero-order valence-electron chi connectivity index (χ0n) is 16.0. The molecule has 26 heavy (non-hydrogen) atoms. The number of hydrogen-bond acceptors (Lipinski definition) is 5. The molecule has 1 atom stereocenters. The largest absolute Gasteiger partial charge is 0.490 e. The number of ether oxygens (including phenoxy) is 3. The Morgan fingerprint density at radius 1 is 1.12 bits per heavy atom. The molecule has 0 fully saturated rings. The van der Waals surface area contributed by atoms with E-state index in [1.54, 1.807) is 20.8 Å². The Bertz CT molecular complexity index is 679. The van der Waals surface area contributed by atoms with E-state index in [9.17, 15) is 14.7 Å². The minimum absolute atomic E-state index is 0.147. The first-order valence-electron chi connectivity index (χ1n) is 8.80. The van der Waals surface area contributed by atoms with Crippen LogP contribution in [0.25, 0.3) is 0 Å². The van der Waals surface area contributed by atoms with Crippen LogP contribution in [0.2, 0.25) is 0 Å². The molecule has 0 spiro atoms. The Morgan fingerprint density at radius 3 is 2.12 bits per heavy atom. The highest BCUT2D eigenvalue weighted by atomic mass is 16.6. The third-order valence-corrected chi connectivity index (χ3v) is 3.91. The van der Waals surface area contributed by atoms with Gasteiger partial charge in [-0.25, -0.2) is 9.59 Å². The van der Waals surface area contributed by atoms with Crippen molar-refractivity contribution in [2.24, 2.45) is 0 Å². The molecule has 1 heterocycles. The second kappa shape index (κ2) is 7.85. The van der Waals surface area contributed by atoms with E-state index < -0.39 is 23.7 Å². The number of aliphatic carboxylic acids is 1. The van der Waals surface area contributed by atoms with E-state index in [1.807, 2.05) is 26.0 Å². The predicted octanol–water partition coefficient (Wildman–Crippen LogP) is 3.23. The number of carboxylic acids is 1. The average molecular weight is 365 g/mol. The van der Waals surface area contributed by atoms with Gasteiger partial charge in [0, 0.05) is 6.42 Å². The molecule has 1 amide bonds. The molecule has 2 rings (SSSR count). The third-order valence-electron chi connectivity index (χ3n) is 3.91. The fourth-order valence-electron chi connectivity index (χ4n) is 2.86. The number of carbonyl (C=O) groups is 2. The van der Waals surface area contributed by atoms with Gasteiger partial charge in [0.05, 0.1) is 19.8 Å².